The highest BCUT2D eigenvalue weighted by molar-refractivity contribution is 5.95. The lowest BCUT2D eigenvalue weighted by Crippen LogP contribution is -2.40. The number of carbonyl (C=O) groups excluding carboxylic acids is 2. The normalized spacial score (nSPS) is 25.5. The number of amides is 2. The topological polar surface area (TPSA) is 130 Å². The molecular formula is C30H39N3O7. The van der Waals surface area contributed by atoms with Crippen molar-refractivity contribution in [1.82, 2.24) is 15.5 Å². The van der Waals surface area contributed by atoms with Crippen molar-refractivity contribution in [2.75, 3.05) is 33.4 Å². The molecule has 1 aliphatic carbocycles. The third kappa shape index (κ3) is 5.61. The molecule has 40 heavy (non-hydrogen) atoms. The Morgan fingerprint density at radius 1 is 1.18 bits per heavy atom. The standard InChI is InChI=1S/C30H39N3O7/c1-16-24(17-7-6-8-19(11-17)38-10-9-34)20-12-18(13-21(26(20)39-16)28(36)31-5)27(35)32-25-22-14-33(15-23(22)25)29(37)40-30(2,3)4/h6-8,11-13,16,22-25,28,31,34,36H,9-10,14-15H2,1-5H3,(H,32,35)/t16-,22-,23+,24+,25+,28?/m1/s1. The highest BCUT2D eigenvalue weighted by Crippen LogP contribution is 2.48. The predicted molar refractivity (Wildman–Crippen MR) is 147 cm³/mol. The summed E-state index contributed by atoms with van der Waals surface area (Å²) in [5, 5.41) is 25.9. The molecule has 2 aliphatic heterocycles. The summed E-state index contributed by atoms with van der Waals surface area (Å²) in [5.74, 6) is 1.18. The summed E-state index contributed by atoms with van der Waals surface area (Å²) >= 11 is 0. The largest absolute Gasteiger partial charge is 0.491 e. The Hall–Kier alpha value is -3.34. The fourth-order valence-electron chi connectivity index (χ4n) is 5.90. The lowest BCUT2D eigenvalue weighted by molar-refractivity contribution is 0.0270. The molecule has 2 fully saturated rings. The molecule has 0 bridgehead atoms. The van der Waals surface area contributed by atoms with Gasteiger partial charge in [0.05, 0.1) is 6.61 Å². The van der Waals surface area contributed by atoms with E-state index in [4.69, 9.17) is 19.3 Å². The second kappa shape index (κ2) is 10.9. The monoisotopic (exact) mass is 553 g/mol. The molecule has 2 aromatic carbocycles. The molecular weight excluding hydrogens is 514 g/mol. The highest BCUT2D eigenvalue weighted by atomic mass is 16.6. The maximum Gasteiger partial charge on any atom is 0.410 e. The molecule has 1 saturated heterocycles. The number of rotatable bonds is 8. The zero-order valence-electron chi connectivity index (χ0n) is 23.6. The van der Waals surface area contributed by atoms with E-state index >= 15 is 0 Å². The van der Waals surface area contributed by atoms with Gasteiger partial charge in [0.25, 0.3) is 5.91 Å². The van der Waals surface area contributed by atoms with Gasteiger partial charge < -0.3 is 34.6 Å². The summed E-state index contributed by atoms with van der Waals surface area (Å²) in [6.07, 6.45) is -1.58. The fourth-order valence-corrected chi connectivity index (χ4v) is 5.90. The first-order valence-electron chi connectivity index (χ1n) is 13.8. The number of benzene rings is 2. The number of aliphatic hydroxyl groups excluding tert-OH is 2. The van der Waals surface area contributed by atoms with Crippen LogP contribution >= 0.6 is 0 Å². The lowest BCUT2D eigenvalue weighted by atomic mass is 9.86. The van der Waals surface area contributed by atoms with Gasteiger partial charge in [-0.05, 0) is 64.6 Å². The molecule has 1 saturated carbocycles. The van der Waals surface area contributed by atoms with Gasteiger partial charge in [-0.1, -0.05) is 12.1 Å². The molecule has 5 rings (SSSR count). The Balaban J connectivity index is 1.35. The molecule has 3 aliphatic rings. The number of carbonyl (C=O) groups is 2. The molecule has 10 heteroatoms. The number of likely N-dealkylation sites (tertiary alicyclic amines) is 1. The van der Waals surface area contributed by atoms with E-state index in [0.717, 1.165) is 11.1 Å². The molecule has 0 aromatic heterocycles. The van der Waals surface area contributed by atoms with E-state index in [9.17, 15) is 14.7 Å². The third-order valence-electron chi connectivity index (χ3n) is 7.81. The zero-order valence-corrected chi connectivity index (χ0v) is 23.6. The number of hydrogen-bond acceptors (Lipinski definition) is 8. The predicted octanol–water partition coefficient (Wildman–Crippen LogP) is 2.78. The van der Waals surface area contributed by atoms with Gasteiger partial charge in [-0.15, -0.1) is 0 Å². The zero-order chi connectivity index (χ0) is 28.8. The molecule has 0 spiro atoms. The van der Waals surface area contributed by atoms with E-state index in [2.05, 4.69) is 10.6 Å². The van der Waals surface area contributed by atoms with Crippen LogP contribution in [-0.2, 0) is 4.74 Å². The molecule has 10 nitrogen and oxygen atoms in total. The Bertz CT molecular complexity index is 1260. The van der Waals surface area contributed by atoms with Crippen LogP contribution in [0, 0.1) is 11.8 Å². The summed E-state index contributed by atoms with van der Waals surface area (Å²) in [7, 11) is 1.64. The van der Waals surface area contributed by atoms with E-state index in [1.165, 1.54) is 0 Å². The van der Waals surface area contributed by atoms with Crippen LogP contribution in [0.5, 0.6) is 11.5 Å². The van der Waals surface area contributed by atoms with Crippen LogP contribution < -0.4 is 20.1 Å². The molecule has 2 aromatic rings. The van der Waals surface area contributed by atoms with Crippen molar-refractivity contribution in [2.45, 2.75) is 57.6 Å². The van der Waals surface area contributed by atoms with Crippen LogP contribution in [0.4, 0.5) is 4.79 Å². The Labute approximate surface area is 234 Å². The number of nitrogens with one attached hydrogen (secondary N) is 2. The maximum absolute atomic E-state index is 13.5. The first-order valence-corrected chi connectivity index (χ1v) is 13.8. The van der Waals surface area contributed by atoms with Crippen LogP contribution in [0.15, 0.2) is 36.4 Å². The van der Waals surface area contributed by atoms with Gasteiger partial charge in [-0.3, -0.25) is 10.1 Å². The molecule has 2 heterocycles. The first-order chi connectivity index (χ1) is 19.0. The number of fused-ring (bicyclic) bond motifs is 2. The van der Waals surface area contributed by atoms with Crippen LogP contribution in [0.2, 0.25) is 0 Å². The van der Waals surface area contributed by atoms with Crippen molar-refractivity contribution in [1.29, 1.82) is 0 Å². The molecule has 216 valence electrons. The van der Waals surface area contributed by atoms with Gasteiger partial charge in [0, 0.05) is 53.6 Å². The van der Waals surface area contributed by atoms with Crippen molar-refractivity contribution in [2.24, 2.45) is 11.8 Å². The Kier molecular flexibility index (Phi) is 7.69. The van der Waals surface area contributed by atoms with Crippen LogP contribution in [0.25, 0.3) is 0 Å². The third-order valence-corrected chi connectivity index (χ3v) is 7.81. The summed E-state index contributed by atoms with van der Waals surface area (Å²) in [6.45, 7) is 8.72. The van der Waals surface area contributed by atoms with E-state index in [0.29, 0.717) is 35.7 Å². The number of ether oxygens (including phenoxy) is 3. The average Bonchev–Trinajstić information content (AvgIpc) is 3.22. The van der Waals surface area contributed by atoms with E-state index in [-0.39, 0.29) is 55.1 Å². The molecule has 0 radical (unpaired) electrons. The van der Waals surface area contributed by atoms with E-state index in [1.807, 2.05) is 58.0 Å². The average molecular weight is 554 g/mol. The first kappa shape index (κ1) is 28.2. The summed E-state index contributed by atoms with van der Waals surface area (Å²) in [5.41, 5.74) is 2.15. The van der Waals surface area contributed by atoms with Crippen molar-refractivity contribution < 1.29 is 34.0 Å². The Morgan fingerprint density at radius 2 is 1.90 bits per heavy atom. The van der Waals surface area contributed by atoms with Crippen LogP contribution in [0.3, 0.4) is 0 Å². The smallest absolute Gasteiger partial charge is 0.410 e. The summed E-state index contributed by atoms with van der Waals surface area (Å²) in [6, 6.07) is 11.1. The Morgan fingerprint density at radius 3 is 2.55 bits per heavy atom. The highest BCUT2D eigenvalue weighted by Gasteiger charge is 2.58. The number of aliphatic hydroxyl groups is 2. The fraction of sp³-hybridized carbons (Fsp3) is 0.533. The minimum Gasteiger partial charge on any atom is -0.491 e. The van der Waals surface area contributed by atoms with Gasteiger partial charge in [0.1, 0.15) is 36.0 Å². The van der Waals surface area contributed by atoms with Gasteiger partial charge >= 0.3 is 6.09 Å². The van der Waals surface area contributed by atoms with Gasteiger partial charge in [0.15, 0.2) is 0 Å². The van der Waals surface area contributed by atoms with Gasteiger partial charge in [-0.2, -0.15) is 0 Å². The lowest BCUT2D eigenvalue weighted by Gasteiger charge is -2.26. The van der Waals surface area contributed by atoms with Crippen molar-refractivity contribution >= 4 is 12.0 Å². The second-order valence-corrected chi connectivity index (χ2v) is 11.8. The number of hydrogen-bond donors (Lipinski definition) is 4. The number of piperidine rings is 1. The SMILES string of the molecule is CNC(O)c1cc(C(=O)N[C@H]2[C@@H]3CN(C(=O)OC(C)(C)C)C[C@@H]32)cc2c1O[C@H](C)[C@H]2c1cccc(OCCO)c1. The summed E-state index contributed by atoms with van der Waals surface area (Å²) in [4.78, 5) is 27.6. The quantitative estimate of drug-likeness (QED) is 0.368. The minimum absolute atomic E-state index is 0.0107. The van der Waals surface area contributed by atoms with Crippen molar-refractivity contribution in [3.8, 4) is 11.5 Å². The molecule has 6 atom stereocenters. The molecule has 2 amide bonds. The van der Waals surface area contributed by atoms with E-state index in [1.54, 1.807) is 18.0 Å². The van der Waals surface area contributed by atoms with E-state index < -0.39 is 11.8 Å². The minimum atomic E-state index is -1.02. The van der Waals surface area contributed by atoms with Gasteiger partial charge in [0.2, 0.25) is 0 Å². The van der Waals surface area contributed by atoms with Crippen molar-refractivity contribution in [3.05, 3.63) is 58.7 Å². The summed E-state index contributed by atoms with van der Waals surface area (Å²) < 4.78 is 17.3. The maximum atomic E-state index is 13.5. The number of nitrogens with zero attached hydrogens (tertiary/aromatic N) is 1. The molecule has 4 N–H and O–H groups in total. The van der Waals surface area contributed by atoms with Gasteiger partial charge in [-0.25, -0.2) is 4.79 Å². The van der Waals surface area contributed by atoms with Crippen molar-refractivity contribution in [3.63, 3.8) is 0 Å². The van der Waals surface area contributed by atoms with Crippen LogP contribution in [-0.4, -0.2) is 78.2 Å². The molecule has 1 unspecified atom stereocenters. The second-order valence-electron chi connectivity index (χ2n) is 11.8. The van der Waals surface area contributed by atoms with Crippen LogP contribution in [0.1, 0.15) is 66.9 Å².